The van der Waals surface area contributed by atoms with Gasteiger partial charge in [-0.2, -0.15) is 0 Å². The quantitative estimate of drug-likeness (QED) is 0.686. The van der Waals surface area contributed by atoms with Crippen LogP contribution in [0.2, 0.25) is 0 Å². The van der Waals surface area contributed by atoms with Gasteiger partial charge in [0.1, 0.15) is 5.75 Å². The van der Waals surface area contributed by atoms with Crippen molar-refractivity contribution in [2.45, 2.75) is 25.9 Å². The van der Waals surface area contributed by atoms with Gasteiger partial charge in [0.15, 0.2) is 5.75 Å². The van der Waals surface area contributed by atoms with E-state index in [0.717, 1.165) is 23.1 Å². The summed E-state index contributed by atoms with van der Waals surface area (Å²) < 4.78 is 6.80. The molecule has 3 rings (SSSR count). The number of ether oxygens (including phenoxy) is 1. The van der Waals surface area contributed by atoms with E-state index in [1.54, 1.807) is 11.7 Å². The highest BCUT2D eigenvalue weighted by Crippen LogP contribution is 2.16. The summed E-state index contributed by atoms with van der Waals surface area (Å²) >= 11 is 0. The summed E-state index contributed by atoms with van der Waals surface area (Å²) in [7, 11) is 1.66. The number of para-hydroxylation sites is 1. The first-order chi connectivity index (χ1) is 12.6. The van der Waals surface area contributed by atoms with E-state index in [-0.39, 0.29) is 17.4 Å². The van der Waals surface area contributed by atoms with Crippen LogP contribution in [0.1, 0.15) is 12.5 Å². The van der Waals surface area contributed by atoms with Gasteiger partial charge in [-0.15, -0.1) is 0 Å². The second kappa shape index (κ2) is 8.06. The van der Waals surface area contributed by atoms with Crippen LogP contribution in [0.15, 0.2) is 59.4 Å². The van der Waals surface area contributed by atoms with Crippen molar-refractivity contribution < 1.29 is 9.84 Å². The minimum atomic E-state index is -0.353. The van der Waals surface area contributed by atoms with Crippen LogP contribution in [-0.2, 0) is 13.0 Å². The first kappa shape index (κ1) is 18.0. The van der Waals surface area contributed by atoms with Crippen LogP contribution in [0.4, 0.5) is 0 Å². The Morgan fingerprint density at radius 3 is 2.62 bits per heavy atom. The highest BCUT2D eigenvalue weighted by molar-refractivity contribution is 5.80. The van der Waals surface area contributed by atoms with Crippen molar-refractivity contribution in [2.75, 3.05) is 13.7 Å². The van der Waals surface area contributed by atoms with Crippen LogP contribution >= 0.6 is 0 Å². The van der Waals surface area contributed by atoms with Crippen LogP contribution in [-0.4, -0.2) is 29.4 Å². The lowest BCUT2D eigenvalue weighted by atomic mass is 10.1. The molecule has 5 nitrogen and oxygen atoms in total. The van der Waals surface area contributed by atoms with Gasteiger partial charge >= 0.3 is 0 Å². The molecule has 5 heteroatoms. The molecule has 136 valence electrons. The first-order valence-corrected chi connectivity index (χ1v) is 8.76. The summed E-state index contributed by atoms with van der Waals surface area (Å²) in [5, 5.41) is 14.2. The van der Waals surface area contributed by atoms with Gasteiger partial charge in [-0.1, -0.05) is 30.3 Å². The van der Waals surface area contributed by atoms with Gasteiger partial charge in [-0.3, -0.25) is 4.79 Å². The molecule has 0 spiro atoms. The van der Waals surface area contributed by atoms with Crippen molar-refractivity contribution in [3.8, 4) is 11.5 Å². The Morgan fingerprint density at radius 2 is 1.88 bits per heavy atom. The molecular formula is C21H24N2O3. The Bertz CT molecular complexity index is 932. The zero-order chi connectivity index (χ0) is 18.5. The Kier molecular flexibility index (Phi) is 5.58. The van der Waals surface area contributed by atoms with Gasteiger partial charge in [-0.05, 0) is 43.2 Å². The number of fused-ring (bicyclic) bond motifs is 1. The van der Waals surface area contributed by atoms with E-state index in [9.17, 15) is 9.90 Å². The molecule has 0 bridgehead atoms. The van der Waals surface area contributed by atoms with Crippen LogP contribution in [0.5, 0.6) is 11.5 Å². The van der Waals surface area contributed by atoms with Crippen LogP contribution in [0, 0.1) is 0 Å². The average molecular weight is 352 g/mol. The van der Waals surface area contributed by atoms with E-state index >= 15 is 0 Å². The van der Waals surface area contributed by atoms with E-state index in [1.165, 1.54) is 11.6 Å². The van der Waals surface area contributed by atoms with Crippen molar-refractivity contribution in [1.29, 1.82) is 0 Å². The molecule has 0 amide bonds. The molecule has 3 aromatic rings. The van der Waals surface area contributed by atoms with Crippen molar-refractivity contribution in [2.24, 2.45) is 0 Å². The van der Waals surface area contributed by atoms with Gasteiger partial charge in [-0.25, -0.2) is 0 Å². The number of hydrogen-bond acceptors (Lipinski definition) is 4. The largest absolute Gasteiger partial charge is 0.503 e. The van der Waals surface area contributed by atoms with Crippen molar-refractivity contribution in [3.05, 3.63) is 70.5 Å². The standard InChI is InChI=1S/C21H24N2O3/c1-15(13-16-7-9-18(26-2)10-8-16)22-11-12-23-19-6-4-3-5-17(19)14-20(24)21(23)25/h3-10,14-15,22,24H,11-13H2,1-2H3/t15-/m1/s1. The molecule has 2 aromatic carbocycles. The van der Waals surface area contributed by atoms with E-state index in [2.05, 4.69) is 24.4 Å². The number of methoxy groups -OCH3 is 1. The highest BCUT2D eigenvalue weighted by Gasteiger charge is 2.09. The third-order valence-corrected chi connectivity index (χ3v) is 4.51. The molecular weight excluding hydrogens is 328 g/mol. The molecule has 0 radical (unpaired) electrons. The number of benzene rings is 2. The fraction of sp³-hybridized carbons (Fsp3) is 0.286. The predicted octanol–water partition coefficient (Wildman–Crippen LogP) is 2.94. The maximum Gasteiger partial charge on any atom is 0.293 e. The van der Waals surface area contributed by atoms with E-state index < -0.39 is 0 Å². The first-order valence-electron chi connectivity index (χ1n) is 8.76. The topological polar surface area (TPSA) is 63.5 Å². The third kappa shape index (κ3) is 4.06. The molecule has 1 heterocycles. The number of pyridine rings is 1. The Balaban J connectivity index is 1.63. The molecule has 0 unspecified atom stereocenters. The average Bonchev–Trinajstić information content (AvgIpc) is 2.65. The van der Waals surface area contributed by atoms with Crippen LogP contribution in [0.25, 0.3) is 10.9 Å². The molecule has 0 fully saturated rings. The minimum absolute atomic E-state index is 0.213. The molecule has 0 aliphatic heterocycles. The summed E-state index contributed by atoms with van der Waals surface area (Å²) in [6.45, 7) is 3.26. The fourth-order valence-electron chi connectivity index (χ4n) is 3.14. The number of aromatic nitrogens is 1. The number of rotatable bonds is 7. The lowest BCUT2D eigenvalue weighted by molar-refractivity contribution is 0.414. The summed E-state index contributed by atoms with van der Waals surface area (Å²) in [4.78, 5) is 12.3. The molecule has 1 aromatic heterocycles. The molecule has 2 N–H and O–H groups in total. The molecule has 1 atom stereocenters. The second-order valence-corrected chi connectivity index (χ2v) is 6.45. The number of aromatic hydroxyl groups is 1. The fourth-order valence-corrected chi connectivity index (χ4v) is 3.14. The minimum Gasteiger partial charge on any atom is -0.503 e. The number of nitrogens with one attached hydrogen (secondary N) is 1. The normalized spacial score (nSPS) is 12.2. The summed E-state index contributed by atoms with van der Waals surface area (Å²) in [5.41, 5.74) is 1.71. The Morgan fingerprint density at radius 1 is 1.15 bits per heavy atom. The molecule has 0 saturated carbocycles. The SMILES string of the molecule is COc1ccc(C[C@@H](C)NCCn2c(=O)c(O)cc3ccccc32)cc1. The maximum absolute atomic E-state index is 12.3. The second-order valence-electron chi connectivity index (χ2n) is 6.45. The van der Waals surface area contributed by atoms with E-state index in [4.69, 9.17) is 4.74 Å². The third-order valence-electron chi connectivity index (χ3n) is 4.51. The lowest BCUT2D eigenvalue weighted by Gasteiger charge is -2.16. The molecule has 26 heavy (non-hydrogen) atoms. The van der Waals surface area contributed by atoms with Gasteiger partial charge in [0.25, 0.3) is 5.56 Å². The number of hydrogen-bond donors (Lipinski definition) is 2. The van der Waals surface area contributed by atoms with Gasteiger partial charge in [0.2, 0.25) is 0 Å². The smallest absolute Gasteiger partial charge is 0.293 e. The molecule has 0 aliphatic rings. The Hall–Kier alpha value is -2.79. The van der Waals surface area contributed by atoms with Gasteiger partial charge < -0.3 is 19.7 Å². The van der Waals surface area contributed by atoms with E-state index in [1.807, 2.05) is 36.4 Å². The van der Waals surface area contributed by atoms with Gasteiger partial charge in [0, 0.05) is 24.5 Å². The van der Waals surface area contributed by atoms with Crippen molar-refractivity contribution >= 4 is 10.9 Å². The van der Waals surface area contributed by atoms with Gasteiger partial charge in [0.05, 0.1) is 12.6 Å². The predicted molar refractivity (Wildman–Crippen MR) is 104 cm³/mol. The van der Waals surface area contributed by atoms with E-state index in [0.29, 0.717) is 13.1 Å². The monoisotopic (exact) mass is 352 g/mol. The lowest BCUT2D eigenvalue weighted by Crippen LogP contribution is -2.33. The Labute approximate surface area is 152 Å². The van der Waals surface area contributed by atoms with Crippen LogP contribution in [0.3, 0.4) is 0 Å². The number of nitrogens with zero attached hydrogens (tertiary/aromatic N) is 1. The zero-order valence-electron chi connectivity index (χ0n) is 15.1. The van der Waals surface area contributed by atoms with Crippen molar-refractivity contribution in [1.82, 2.24) is 9.88 Å². The zero-order valence-corrected chi connectivity index (χ0v) is 15.1. The molecule has 0 saturated heterocycles. The van der Waals surface area contributed by atoms with Crippen molar-refractivity contribution in [3.63, 3.8) is 0 Å². The highest BCUT2D eigenvalue weighted by atomic mass is 16.5. The molecule has 0 aliphatic carbocycles. The summed E-state index contributed by atoms with van der Waals surface area (Å²) in [6.07, 6.45) is 0.889. The summed E-state index contributed by atoms with van der Waals surface area (Å²) in [5.74, 6) is 0.638. The van der Waals surface area contributed by atoms with Crippen LogP contribution < -0.4 is 15.6 Å². The maximum atomic E-state index is 12.3. The summed E-state index contributed by atoms with van der Waals surface area (Å²) in [6, 6.07) is 17.4.